The Morgan fingerprint density at radius 3 is 2.60 bits per heavy atom. The Morgan fingerprint density at radius 1 is 1.30 bits per heavy atom. The van der Waals surface area contributed by atoms with Crippen LogP contribution in [0.25, 0.3) is 0 Å². The van der Waals surface area contributed by atoms with Gasteiger partial charge in [0, 0.05) is 19.0 Å². The molecule has 0 aliphatic rings. The Bertz CT molecular complexity index is 649. The predicted molar refractivity (Wildman–Crippen MR) is 83.1 cm³/mol. The van der Waals surface area contributed by atoms with Crippen molar-refractivity contribution in [3.05, 3.63) is 53.5 Å². The van der Waals surface area contributed by atoms with Crippen LogP contribution >= 0.6 is 12.2 Å². The van der Waals surface area contributed by atoms with Crippen molar-refractivity contribution in [2.45, 2.75) is 13.3 Å². The number of thiocarbonyl (C=S) groups is 1. The highest BCUT2D eigenvalue weighted by atomic mass is 32.1. The maximum Gasteiger partial charge on any atom is 0.293 e. The first-order chi connectivity index (χ1) is 9.54. The zero-order valence-corrected chi connectivity index (χ0v) is 12.2. The van der Waals surface area contributed by atoms with Gasteiger partial charge in [-0.25, -0.2) is 0 Å². The molecule has 0 unspecified atom stereocenters. The molecule has 0 radical (unpaired) electrons. The van der Waals surface area contributed by atoms with Crippen LogP contribution in [0.3, 0.4) is 0 Å². The Kier molecular flexibility index (Phi) is 4.20. The van der Waals surface area contributed by atoms with Crippen molar-refractivity contribution in [1.82, 2.24) is 0 Å². The van der Waals surface area contributed by atoms with Crippen molar-refractivity contribution >= 4 is 28.8 Å². The van der Waals surface area contributed by atoms with Crippen molar-refractivity contribution in [1.29, 1.82) is 0 Å². The van der Waals surface area contributed by atoms with Crippen LogP contribution in [0.5, 0.6) is 0 Å². The van der Waals surface area contributed by atoms with Crippen LogP contribution in [0.15, 0.2) is 40.8 Å². The first kappa shape index (κ1) is 14.3. The number of hydrogen-bond donors (Lipinski definition) is 1. The van der Waals surface area contributed by atoms with Gasteiger partial charge in [0.1, 0.15) is 10.7 Å². The maximum atomic E-state index is 12.4. The van der Waals surface area contributed by atoms with Gasteiger partial charge in [-0.1, -0.05) is 31.3 Å². The highest BCUT2D eigenvalue weighted by Crippen LogP contribution is 2.21. The summed E-state index contributed by atoms with van der Waals surface area (Å²) in [5, 5.41) is 0. The van der Waals surface area contributed by atoms with Gasteiger partial charge in [0.25, 0.3) is 5.91 Å². The molecule has 104 valence electrons. The molecule has 1 aromatic carbocycles. The SMILES string of the molecule is CCc1ccc(C(=O)N(C)c2ccccc2C(N)=S)o1. The highest BCUT2D eigenvalue weighted by Gasteiger charge is 2.19. The van der Waals surface area contributed by atoms with Gasteiger partial charge in [-0.3, -0.25) is 4.79 Å². The van der Waals surface area contributed by atoms with Crippen molar-refractivity contribution in [3.8, 4) is 0 Å². The van der Waals surface area contributed by atoms with E-state index in [2.05, 4.69) is 0 Å². The number of carbonyl (C=O) groups excluding carboxylic acids is 1. The summed E-state index contributed by atoms with van der Waals surface area (Å²) in [5.41, 5.74) is 7.02. The minimum absolute atomic E-state index is 0.228. The Morgan fingerprint density at radius 2 is 2.00 bits per heavy atom. The van der Waals surface area contributed by atoms with Gasteiger partial charge < -0.3 is 15.1 Å². The minimum Gasteiger partial charge on any atom is -0.456 e. The molecular formula is C15H16N2O2S. The largest absolute Gasteiger partial charge is 0.456 e. The lowest BCUT2D eigenvalue weighted by molar-refractivity contribution is 0.0965. The lowest BCUT2D eigenvalue weighted by Crippen LogP contribution is -2.28. The molecule has 2 rings (SSSR count). The smallest absolute Gasteiger partial charge is 0.293 e. The third-order valence-corrected chi connectivity index (χ3v) is 3.28. The van der Waals surface area contributed by atoms with Crippen LogP contribution in [0.4, 0.5) is 5.69 Å². The normalized spacial score (nSPS) is 10.3. The lowest BCUT2D eigenvalue weighted by atomic mass is 10.1. The molecule has 0 spiro atoms. The summed E-state index contributed by atoms with van der Waals surface area (Å²) < 4.78 is 5.48. The molecule has 1 amide bonds. The summed E-state index contributed by atoms with van der Waals surface area (Å²) in [4.78, 5) is 14.1. The van der Waals surface area contributed by atoms with E-state index in [1.807, 2.05) is 19.1 Å². The Hall–Kier alpha value is -2.14. The number of nitrogens with two attached hydrogens (primary N) is 1. The number of hydrogen-bond acceptors (Lipinski definition) is 3. The van der Waals surface area contributed by atoms with Gasteiger partial charge in [-0.15, -0.1) is 0 Å². The first-order valence-electron chi connectivity index (χ1n) is 6.30. The molecule has 1 heterocycles. The number of nitrogens with zero attached hydrogens (tertiary/aromatic N) is 1. The van der Waals surface area contributed by atoms with Gasteiger partial charge in [0.15, 0.2) is 5.76 Å². The summed E-state index contributed by atoms with van der Waals surface area (Å²) in [7, 11) is 1.67. The van der Waals surface area contributed by atoms with Gasteiger partial charge >= 0.3 is 0 Å². The number of benzene rings is 1. The first-order valence-corrected chi connectivity index (χ1v) is 6.71. The zero-order chi connectivity index (χ0) is 14.7. The Labute approximate surface area is 123 Å². The number of furan rings is 1. The average molecular weight is 288 g/mol. The second kappa shape index (κ2) is 5.88. The summed E-state index contributed by atoms with van der Waals surface area (Å²) in [6.45, 7) is 1.97. The van der Waals surface area contributed by atoms with E-state index in [4.69, 9.17) is 22.4 Å². The fourth-order valence-electron chi connectivity index (χ4n) is 1.93. The van der Waals surface area contributed by atoms with Gasteiger partial charge in [0.05, 0.1) is 5.69 Å². The van der Waals surface area contributed by atoms with Gasteiger partial charge in [0.2, 0.25) is 0 Å². The Balaban J connectivity index is 2.33. The average Bonchev–Trinajstić information content (AvgIpc) is 2.94. The maximum absolute atomic E-state index is 12.4. The van der Waals surface area contributed by atoms with E-state index < -0.39 is 0 Å². The second-order valence-corrected chi connectivity index (χ2v) is 4.80. The quantitative estimate of drug-likeness (QED) is 0.879. The third-order valence-electron chi connectivity index (χ3n) is 3.06. The number of rotatable bonds is 4. The van der Waals surface area contributed by atoms with Crippen LogP contribution in [0.2, 0.25) is 0 Å². The van der Waals surface area contributed by atoms with Crippen LogP contribution in [-0.2, 0) is 6.42 Å². The van der Waals surface area contributed by atoms with E-state index in [-0.39, 0.29) is 10.9 Å². The molecule has 0 bridgehead atoms. The minimum atomic E-state index is -0.228. The summed E-state index contributed by atoms with van der Waals surface area (Å²) in [6, 6.07) is 10.7. The van der Waals surface area contributed by atoms with E-state index in [1.165, 1.54) is 4.90 Å². The summed E-state index contributed by atoms with van der Waals surface area (Å²) in [6.07, 6.45) is 0.750. The molecule has 0 aliphatic heterocycles. The van der Waals surface area contributed by atoms with E-state index in [1.54, 1.807) is 31.3 Å². The molecule has 2 N–H and O–H groups in total. The molecular weight excluding hydrogens is 272 g/mol. The van der Waals surface area contributed by atoms with Crippen molar-refractivity contribution in [2.75, 3.05) is 11.9 Å². The van der Waals surface area contributed by atoms with E-state index >= 15 is 0 Å². The third kappa shape index (κ3) is 2.72. The molecule has 0 saturated carbocycles. The fourth-order valence-corrected chi connectivity index (χ4v) is 2.10. The highest BCUT2D eigenvalue weighted by molar-refractivity contribution is 7.80. The molecule has 4 nitrogen and oxygen atoms in total. The van der Waals surface area contributed by atoms with Crippen molar-refractivity contribution in [2.24, 2.45) is 5.73 Å². The number of carbonyl (C=O) groups is 1. The van der Waals surface area contributed by atoms with Crippen LogP contribution in [0, 0.1) is 0 Å². The molecule has 0 fully saturated rings. The molecule has 1 aromatic heterocycles. The zero-order valence-electron chi connectivity index (χ0n) is 11.4. The van der Waals surface area contributed by atoms with E-state index in [0.29, 0.717) is 17.0 Å². The van der Waals surface area contributed by atoms with E-state index in [0.717, 1.165) is 12.2 Å². The number of para-hydroxylation sites is 1. The number of aryl methyl sites for hydroxylation is 1. The summed E-state index contributed by atoms with van der Waals surface area (Å²) in [5.74, 6) is 0.861. The molecule has 5 heteroatoms. The molecule has 0 aliphatic carbocycles. The van der Waals surface area contributed by atoms with Crippen molar-refractivity contribution in [3.63, 3.8) is 0 Å². The van der Waals surface area contributed by atoms with Crippen LogP contribution < -0.4 is 10.6 Å². The monoisotopic (exact) mass is 288 g/mol. The van der Waals surface area contributed by atoms with Crippen molar-refractivity contribution < 1.29 is 9.21 Å². The van der Waals surface area contributed by atoms with Crippen LogP contribution in [-0.4, -0.2) is 17.9 Å². The molecule has 20 heavy (non-hydrogen) atoms. The second-order valence-electron chi connectivity index (χ2n) is 4.37. The molecule has 0 saturated heterocycles. The predicted octanol–water partition coefficient (Wildman–Crippen LogP) is 2.75. The van der Waals surface area contributed by atoms with Gasteiger partial charge in [-0.2, -0.15) is 0 Å². The lowest BCUT2D eigenvalue weighted by Gasteiger charge is -2.19. The van der Waals surface area contributed by atoms with Crippen LogP contribution in [0.1, 0.15) is 28.8 Å². The molecule has 2 aromatic rings. The fraction of sp³-hybridized carbons (Fsp3) is 0.200. The number of anilines is 1. The number of amides is 1. The standard InChI is InChI=1S/C15H16N2O2S/c1-3-10-8-9-13(19-10)15(18)17(2)12-7-5-4-6-11(12)14(16)20/h4-9H,3H2,1-2H3,(H2,16,20). The van der Waals surface area contributed by atoms with E-state index in [9.17, 15) is 4.79 Å². The molecule has 0 atom stereocenters. The summed E-state index contributed by atoms with van der Waals surface area (Å²) >= 11 is 5.01. The van der Waals surface area contributed by atoms with Gasteiger partial charge in [-0.05, 0) is 24.3 Å². The topological polar surface area (TPSA) is 59.5 Å².